The number of carbonyl (C=O) groups is 1. The molecule has 1 aliphatic heterocycles. The first kappa shape index (κ1) is 13.1. The van der Waals surface area contributed by atoms with Gasteiger partial charge in [0, 0.05) is 31.1 Å². The summed E-state index contributed by atoms with van der Waals surface area (Å²) in [7, 11) is 2.14. The van der Waals surface area contributed by atoms with Crippen molar-refractivity contribution in [1.29, 1.82) is 0 Å². The van der Waals surface area contributed by atoms with Gasteiger partial charge in [0.05, 0.1) is 9.35 Å². The van der Waals surface area contributed by atoms with Crippen LogP contribution < -0.4 is 0 Å². The van der Waals surface area contributed by atoms with Crippen LogP contribution in [0.1, 0.15) is 23.7 Å². The molecule has 5 heteroatoms. The Morgan fingerprint density at radius 1 is 1.59 bits per heavy atom. The SMILES string of the molecule is CCC1CN(C(=O)c2csc(Br)c2)CCN1C. The van der Waals surface area contributed by atoms with Crippen molar-refractivity contribution >= 4 is 33.2 Å². The molecule has 1 fully saturated rings. The molecular weight excluding hydrogens is 300 g/mol. The van der Waals surface area contributed by atoms with Crippen molar-refractivity contribution in [3.63, 3.8) is 0 Å². The van der Waals surface area contributed by atoms with Crippen LogP contribution in [0.3, 0.4) is 0 Å². The van der Waals surface area contributed by atoms with Crippen LogP contribution in [0.15, 0.2) is 15.2 Å². The highest BCUT2D eigenvalue weighted by atomic mass is 79.9. The van der Waals surface area contributed by atoms with Gasteiger partial charge in [0.25, 0.3) is 5.91 Å². The van der Waals surface area contributed by atoms with Gasteiger partial charge < -0.3 is 4.90 Å². The molecule has 1 aromatic rings. The summed E-state index contributed by atoms with van der Waals surface area (Å²) in [5, 5.41) is 1.92. The lowest BCUT2D eigenvalue weighted by molar-refractivity contribution is 0.0542. The molecule has 1 aromatic heterocycles. The average molecular weight is 317 g/mol. The molecule has 0 radical (unpaired) electrons. The summed E-state index contributed by atoms with van der Waals surface area (Å²) in [6.07, 6.45) is 1.09. The first-order valence-corrected chi connectivity index (χ1v) is 7.52. The lowest BCUT2D eigenvalue weighted by Gasteiger charge is -2.39. The zero-order valence-corrected chi connectivity index (χ0v) is 12.6. The van der Waals surface area contributed by atoms with E-state index in [9.17, 15) is 4.79 Å². The maximum Gasteiger partial charge on any atom is 0.254 e. The molecule has 2 heterocycles. The Bertz CT molecular complexity index is 407. The van der Waals surface area contributed by atoms with Crippen LogP contribution in [0.2, 0.25) is 0 Å². The van der Waals surface area contributed by atoms with Gasteiger partial charge in [-0.1, -0.05) is 6.92 Å². The molecule has 0 N–H and O–H groups in total. The molecule has 1 aliphatic rings. The summed E-state index contributed by atoms with van der Waals surface area (Å²) >= 11 is 4.96. The van der Waals surface area contributed by atoms with Gasteiger partial charge in [0.15, 0.2) is 0 Å². The summed E-state index contributed by atoms with van der Waals surface area (Å²) in [6, 6.07) is 2.40. The topological polar surface area (TPSA) is 23.6 Å². The van der Waals surface area contributed by atoms with E-state index in [1.54, 1.807) is 11.3 Å². The Hall–Kier alpha value is -0.390. The number of nitrogens with zero attached hydrogens (tertiary/aromatic N) is 2. The van der Waals surface area contributed by atoms with Crippen molar-refractivity contribution < 1.29 is 4.79 Å². The van der Waals surface area contributed by atoms with Crippen LogP contribution in [0, 0.1) is 0 Å². The zero-order chi connectivity index (χ0) is 12.4. The first-order valence-electron chi connectivity index (χ1n) is 5.85. The molecule has 1 saturated heterocycles. The fourth-order valence-electron chi connectivity index (χ4n) is 2.18. The fourth-order valence-corrected chi connectivity index (χ4v) is 3.31. The van der Waals surface area contributed by atoms with E-state index in [0.717, 1.165) is 35.4 Å². The van der Waals surface area contributed by atoms with Crippen LogP contribution in [0.5, 0.6) is 0 Å². The third-order valence-corrected chi connectivity index (χ3v) is 4.85. The van der Waals surface area contributed by atoms with Crippen LogP contribution in [-0.4, -0.2) is 48.4 Å². The van der Waals surface area contributed by atoms with Gasteiger partial charge >= 0.3 is 0 Å². The summed E-state index contributed by atoms with van der Waals surface area (Å²) < 4.78 is 1.02. The van der Waals surface area contributed by atoms with Crippen molar-refractivity contribution in [3.8, 4) is 0 Å². The van der Waals surface area contributed by atoms with E-state index in [-0.39, 0.29) is 5.91 Å². The molecule has 3 nitrogen and oxygen atoms in total. The van der Waals surface area contributed by atoms with Crippen LogP contribution in [0.4, 0.5) is 0 Å². The van der Waals surface area contributed by atoms with Crippen molar-refractivity contribution in [3.05, 3.63) is 20.8 Å². The first-order chi connectivity index (χ1) is 8.11. The Kier molecular flexibility index (Phi) is 4.22. The molecule has 0 spiro atoms. The Morgan fingerprint density at radius 3 is 2.94 bits per heavy atom. The van der Waals surface area contributed by atoms with Crippen LogP contribution in [0.25, 0.3) is 0 Å². The van der Waals surface area contributed by atoms with E-state index in [4.69, 9.17) is 0 Å². The van der Waals surface area contributed by atoms with Crippen molar-refractivity contribution in [2.45, 2.75) is 19.4 Å². The van der Waals surface area contributed by atoms with E-state index in [0.29, 0.717) is 6.04 Å². The third-order valence-electron chi connectivity index (χ3n) is 3.35. The number of piperazine rings is 1. The van der Waals surface area contributed by atoms with Gasteiger partial charge in [-0.05, 0) is 35.5 Å². The Morgan fingerprint density at radius 2 is 2.35 bits per heavy atom. The highest BCUT2D eigenvalue weighted by Gasteiger charge is 2.26. The molecule has 1 amide bonds. The Labute approximate surface area is 115 Å². The minimum Gasteiger partial charge on any atom is -0.336 e. The van der Waals surface area contributed by atoms with Crippen LogP contribution >= 0.6 is 27.3 Å². The summed E-state index contributed by atoms with van der Waals surface area (Å²) in [5.74, 6) is 0.165. The fraction of sp³-hybridized carbons (Fsp3) is 0.583. The molecule has 0 aromatic carbocycles. The monoisotopic (exact) mass is 316 g/mol. The van der Waals surface area contributed by atoms with Gasteiger partial charge in [-0.3, -0.25) is 9.69 Å². The zero-order valence-electron chi connectivity index (χ0n) is 10.1. The quantitative estimate of drug-likeness (QED) is 0.837. The third kappa shape index (κ3) is 2.89. The maximum absolute atomic E-state index is 12.3. The second kappa shape index (κ2) is 5.50. The van der Waals surface area contributed by atoms with E-state index in [1.807, 2.05) is 16.3 Å². The van der Waals surface area contributed by atoms with Crippen molar-refractivity contribution in [2.75, 3.05) is 26.7 Å². The highest BCUT2D eigenvalue weighted by Crippen LogP contribution is 2.22. The van der Waals surface area contributed by atoms with E-state index in [2.05, 4.69) is 34.8 Å². The number of carbonyl (C=O) groups excluding carboxylic acids is 1. The van der Waals surface area contributed by atoms with Gasteiger partial charge in [0.2, 0.25) is 0 Å². The number of likely N-dealkylation sites (N-methyl/N-ethyl adjacent to an activating group) is 1. The second-order valence-electron chi connectivity index (χ2n) is 4.43. The minimum absolute atomic E-state index is 0.165. The number of rotatable bonds is 2. The van der Waals surface area contributed by atoms with E-state index >= 15 is 0 Å². The van der Waals surface area contributed by atoms with Gasteiger partial charge in [-0.25, -0.2) is 0 Å². The lowest BCUT2D eigenvalue weighted by Crippen LogP contribution is -2.52. The second-order valence-corrected chi connectivity index (χ2v) is 6.72. The maximum atomic E-state index is 12.3. The molecule has 0 aliphatic carbocycles. The van der Waals surface area contributed by atoms with E-state index < -0.39 is 0 Å². The molecule has 17 heavy (non-hydrogen) atoms. The number of hydrogen-bond donors (Lipinski definition) is 0. The number of amides is 1. The number of halogens is 1. The normalized spacial score (nSPS) is 21.8. The van der Waals surface area contributed by atoms with Crippen molar-refractivity contribution in [1.82, 2.24) is 9.80 Å². The largest absolute Gasteiger partial charge is 0.336 e. The predicted molar refractivity (Wildman–Crippen MR) is 74.6 cm³/mol. The molecule has 1 atom stereocenters. The molecule has 0 bridgehead atoms. The summed E-state index contributed by atoms with van der Waals surface area (Å²) in [4.78, 5) is 16.6. The Balaban J connectivity index is 2.05. The number of thiophene rings is 1. The smallest absolute Gasteiger partial charge is 0.254 e. The van der Waals surface area contributed by atoms with Gasteiger partial charge in [-0.15, -0.1) is 11.3 Å². The lowest BCUT2D eigenvalue weighted by atomic mass is 10.1. The standard InChI is InChI=1S/C12H17BrN2OS/c1-3-10-7-15(5-4-14(10)2)12(16)9-6-11(13)17-8-9/h6,8,10H,3-5,7H2,1-2H3. The molecule has 2 rings (SSSR count). The van der Waals surface area contributed by atoms with Gasteiger partial charge in [0.1, 0.15) is 0 Å². The molecule has 1 unspecified atom stereocenters. The van der Waals surface area contributed by atoms with Crippen molar-refractivity contribution in [2.24, 2.45) is 0 Å². The minimum atomic E-state index is 0.165. The predicted octanol–water partition coefficient (Wildman–Crippen LogP) is 2.68. The summed E-state index contributed by atoms with van der Waals surface area (Å²) in [6.45, 7) is 4.82. The highest BCUT2D eigenvalue weighted by molar-refractivity contribution is 9.11. The summed E-state index contributed by atoms with van der Waals surface area (Å²) in [5.41, 5.74) is 0.807. The molecule has 94 valence electrons. The average Bonchev–Trinajstić information content (AvgIpc) is 2.75. The number of hydrogen-bond acceptors (Lipinski definition) is 3. The molecular formula is C12H17BrN2OS. The van der Waals surface area contributed by atoms with E-state index in [1.165, 1.54) is 0 Å². The van der Waals surface area contributed by atoms with Crippen LogP contribution in [-0.2, 0) is 0 Å². The van der Waals surface area contributed by atoms with Gasteiger partial charge in [-0.2, -0.15) is 0 Å². The molecule has 0 saturated carbocycles.